The fraction of sp³-hybridized carbons (Fsp3) is 0.364. The number of aromatic nitrogens is 4. The zero-order valence-corrected chi connectivity index (χ0v) is 21.0. The van der Waals surface area contributed by atoms with Crippen molar-refractivity contribution in [3.05, 3.63) is 70.4 Å². The van der Waals surface area contributed by atoms with Crippen molar-refractivity contribution < 1.29 is 35.0 Å². The average molecular weight is 577 g/mol. The number of nitrogens with two attached hydrogens (primary N) is 1. The van der Waals surface area contributed by atoms with Gasteiger partial charge in [-0.1, -0.05) is 11.6 Å². The van der Waals surface area contributed by atoms with Gasteiger partial charge in [-0.2, -0.15) is 26.7 Å². The SMILES string of the molecule is NS(=O)(=O)OC[C@@H]1C[C@H](F)[C@H](Nc2ncncc2C(=O)c2ccn(Cc3cc(C(F)(F)F)ccc3Cl)n2)C1. The zero-order chi connectivity index (χ0) is 27.7. The van der Waals surface area contributed by atoms with Gasteiger partial charge in [-0.15, -0.1) is 0 Å². The third kappa shape index (κ3) is 6.83. The van der Waals surface area contributed by atoms with Gasteiger partial charge in [0.25, 0.3) is 0 Å². The minimum absolute atomic E-state index is 0.00807. The molecule has 2 aromatic heterocycles. The number of nitrogens with one attached hydrogen (secondary N) is 1. The number of benzene rings is 1. The third-order valence-corrected chi connectivity index (χ3v) is 6.74. The molecule has 0 bridgehead atoms. The Hall–Kier alpha value is -3.14. The number of rotatable bonds is 9. The molecule has 38 heavy (non-hydrogen) atoms. The Labute approximate surface area is 219 Å². The first kappa shape index (κ1) is 27.9. The van der Waals surface area contributed by atoms with Gasteiger partial charge in [-0.25, -0.2) is 19.5 Å². The van der Waals surface area contributed by atoms with Crippen molar-refractivity contribution in [3.8, 4) is 0 Å². The van der Waals surface area contributed by atoms with Crippen LogP contribution in [0.2, 0.25) is 5.02 Å². The smallest absolute Gasteiger partial charge is 0.364 e. The van der Waals surface area contributed by atoms with E-state index >= 15 is 0 Å². The summed E-state index contributed by atoms with van der Waals surface area (Å²) in [5.74, 6) is -0.995. The molecular weight excluding hydrogens is 556 g/mol. The fourth-order valence-corrected chi connectivity index (χ4v) is 4.66. The van der Waals surface area contributed by atoms with Gasteiger partial charge in [-0.05, 0) is 48.6 Å². The summed E-state index contributed by atoms with van der Waals surface area (Å²) >= 11 is 6.05. The summed E-state index contributed by atoms with van der Waals surface area (Å²) in [7, 11) is -4.16. The summed E-state index contributed by atoms with van der Waals surface area (Å²) in [5, 5.41) is 11.9. The molecule has 204 valence electrons. The number of anilines is 1. The molecule has 3 aromatic rings. The van der Waals surface area contributed by atoms with Crippen molar-refractivity contribution in [2.45, 2.75) is 37.8 Å². The van der Waals surface area contributed by atoms with Crippen molar-refractivity contribution in [2.75, 3.05) is 11.9 Å². The standard InChI is InChI=1S/C22H21ClF4N6O4S/c23-16-2-1-14(22(25,26)27)7-13(16)9-33-4-3-18(32-33)20(34)15-8-29-11-30-21(15)31-19-6-12(5-17(19)24)10-37-38(28,35)36/h1-4,7-8,11-12,17,19H,5-6,9-10H2,(H2,28,35,36)(H,29,30,31)/t12-,17+,19-/m1/s1. The molecule has 0 amide bonds. The van der Waals surface area contributed by atoms with Crippen LogP contribution in [0.3, 0.4) is 0 Å². The van der Waals surface area contributed by atoms with Crippen LogP contribution in [-0.2, 0) is 27.2 Å². The minimum Gasteiger partial charge on any atom is -0.364 e. The van der Waals surface area contributed by atoms with E-state index in [-0.39, 0.29) is 53.7 Å². The van der Waals surface area contributed by atoms with E-state index in [0.717, 1.165) is 24.5 Å². The van der Waals surface area contributed by atoms with Crippen LogP contribution >= 0.6 is 11.6 Å². The van der Waals surface area contributed by atoms with Crippen molar-refractivity contribution in [1.82, 2.24) is 19.7 Å². The summed E-state index contributed by atoms with van der Waals surface area (Å²) in [4.78, 5) is 21.0. The maximum atomic E-state index is 14.6. The first-order valence-electron chi connectivity index (χ1n) is 11.1. The Bertz CT molecular complexity index is 1440. The van der Waals surface area contributed by atoms with Gasteiger partial charge in [0.2, 0.25) is 5.78 Å². The van der Waals surface area contributed by atoms with Crippen LogP contribution in [0.1, 0.15) is 40.0 Å². The summed E-state index contributed by atoms with van der Waals surface area (Å²) in [6.07, 6.45) is -1.91. The average Bonchev–Trinajstić information content (AvgIpc) is 3.44. The van der Waals surface area contributed by atoms with E-state index in [9.17, 15) is 30.8 Å². The number of hydrogen-bond donors (Lipinski definition) is 2. The number of nitrogens with zero attached hydrogens (tertiary/aromatic N) is 4. The largest absolute Gasteiger partial charge is 0.416 e. The lowest BCUT2D eigenvalue weighted by Crippen LogP contribution is -2.27. The van der Waals surface area contributed by atoms with Crippen LogP contribution in [-0.4, -0.2) is 52.8 Å². The minimum atomic E-state index is -4.55. The molecule has 1 aromatic carbocycles. The second-order valence-corrected chi connectivity index (χ2v) is 10.3. The molecule has 1 saturated carbocycles. The second-order valence-electron chi connectivity index (χ2n) is 8.70. The van der Waals surface area contributed by atoms with Crippen LogP contribution in [0.5, 0.6) is 0 Å². The molecule has 0 spiro atoms. The molecule has 3 atom stereocenters. The number of hydrogen-bond acceptors (Lipinski definition) is 8. The van der Waals surface area contributed by atoms with Crippen LogP contribution < -0.4 is 10.5 Å². The molecule has 4 rings (SSSR count). The second kappa shape index (κ2) is 10.9. The molecule has 1 aliphatic rings. The lowest BCUT2D eigenvalue weighted by molar-refractivity contribution is -0.137. The number of carbonyl (C=O) groups is 1. The Morgan fingerprint density at radius 2 is 2.03 bits per heavy atom. The van der Waals surface area contributed by atoms with E-state index in [4.69, 9.17) is 16.7 Å². The van der Waals surface area contributed by atoms with Gasteiger partial charge in [0, 0.05) is 17.4 Å². The monoisotopic (exact) mass is 576 g/mol. The lowest BCUT2D eigenvalue weighted by Gasteiger charge is -2.17. The molecule has 0 unspecified atom stereocenters. The Morgan fingerprint density at radius 3 is 2.74 bits per heavy atom. The van der Waals surface area contributed by atoms with Crippen LogP contribution in [0.4, 0.5) is 23.4 Å². The molecule has 16 heteroatoms. The van der Waals surface area contributed by atoms with Crippen molar-refractivity contribution in [2.24, 2.45) is 11.1 Å². The molecule has 10 nitrogen and oxygen atoms in total. The highest BCUT2D eigenvalue weighted by molar-refractivity contribution is 7.84. The normalized spacial score (nSPS) is 20.0. The maximum absolute atomic E-state index is 14.6. The molecule has 1 fully saturated rings. The van der Waals surface area contributed by atoms with E-state index in [1.54, 1.807) is 0 Å². The number of alkyl halides is 4. The first-order chi connectivity index (χ1) is 17.8. The van der Waals surface area contributed by atoms with Gasteiger partial charge in [-0.3, -0.25) is 13.7 Å². The van der Waals surface area contributed by atoms with Crippen LogP contribution in [0, 0.1) is 5.92 Å². The van der Waals surface area contributed by atoms with E-state index in [1.165, 1.54) is 23.1 Å². The van der Waals surface area contributed by atoms with E-state index < -0.39 is 46.0 Å². The zero-order valence-electron chi connectivity index (χ0n) is 19.4. The molecule has 0 aliphatic heterocycles. The Morgan fingerprint density at radius 1 is 1.26 bits per heavy atom. The Kier molecular flexibility index (Phi) is 8.01. The van der Waals surface area contributed by atoms with Crippen LogP contribution in [0.25, 0.3) is 0 Å². The first-order valence-corrected chi connectivity index (χ1v) is 13.0. The highest BCUT2D eigenvalue weighted by atomic mass is 35.5. The fourth-order valence-electron chi connectivity index (χ4n) is 4.10. The van der Waals surface area contributed by atoms with E-state index in [2.05, 4.69) is 24.6 Å². The van der Waals surface area contributed by atoms with Gasteiger partial charge < -0.3 is 5.32 Å². The predicted octanol–water partition coefficient (Wildman–Crippen LogP) is 3.37. The van der Waals surface area contributed by atoms with Gasteiger partial charge in [0.15, 0.2) is 0 Å². The maximum Gasteiger partial charge on any atom is 0.416 e. The van der Waals surface area contributed by atoms with Gasteiger partial charge >= 0.3 is 16.5 Å². The molecule has 0 saturated heterocycles. The third-order valence-electron chi connectivity index (χ3n) is 5.91. The Balaban J connectivity index is 1.48. The van der Waals surface area contributed by atoms with Gasteiger partial charge in [0.1, 0.15) is 24.0 Å². The number of halogens is 5. The van der Waals surface area contributed by atoms with Crippen molar-refractivity contribution >= 4 is 33.5 Å². The van der Waals surface area contributed by atoms with Crippen molar-refractivity contribution in [1.29, 1.82) is 0 Å². The van der Waals surface area contributed by atoms with E-state index in [0.29, 0.717) is 0 Å². The van der Waals surface area contributed by atoms with E-state index in [1.807, 2.05) is 0 Å². The van der Waals surface area contributed by atoms with Crippen molar-refractivity contribution in [3.63, 3.8) is 0 Å². The quantitative estimate of drug-likeness (QED) is 0.292. The molecule has 3 N–H and O–H groups in total. The highest BCUT2D eigenvalue weighted by Crippen LogP contribution is 2.33. The predicted molar refractivity (Wildman–Crippen MR) is 127 cm³/mol. The highest BCUT2D eigenvalue weighted by Gasteiger charge is 2.36. The summed E-state index contributed by atoms with van der Waals surface area (Å²) in [6, 6.07) is 3.51. The summed E-state index contributed by atoms with van der Waals surface area (Å²) < 4.78 is 81.6. The summed E-state index contributed by atoms with van der Waals surface area (Å²) in [5.41, 5.74) is -0.765. The summed E-state index contributed by atoms with van der Waals surface area (Å²) in [6.45, 7) is -0.402. The molecule has 0 radical (unpaired) electrons. The number of ketones is 1. The van der Waals surface area contributed by atoms with Crippen LogP contribution in [0.15, 0.2) is 43.0 Å². The topological polar surface area (TPSA) is 142 Å². The molecular formula is C22H21ClF4N6O4S. The molecule has 2 heterocycles. The van der Waals surface area contributed by atoms with Gasteiger partial charge in [0.05, 0.1) is 30.3 Å². The lowest BCUT2D eigenvalue weighted by atomic mass is 10.1. The molecule has 1 aliphatic carbocycles. The number of carbonyl (C=O) groups excluding carboxylic acids is 1.